The van der Waals surface area contributed by atoms with E-state index in [0.717, 1.165) is 43.8 Å². The number of carbonyl (C=O) groups is 2. The first-order valence-electron chi connectivity index (χ1n) is 15.1. The minimum Gasteiger partial charge on any atom is -0.475 e. The van der Waals surface area contributed by atoms with Gasteiger partial charge in [-0.1, -0.05) is 12.6 Å². The summed E-state index contributed by atoms with van der Waals surface area (Å²) in [5.74, 6) is 0.455. The number of ether oxygens (including phenoxy) is 1. The Balaban J connectivity index is 1.37. The third-order valence-corrected chi connectivity index (χ3v) is 8.30. The average molecular weight is 598 g/mol. The van der Waals surface area contributed by atoms with Crippen molar-refractivity contribution in [3.63, 3.8) is 0 Å². The first-order valence-corrected chi connectivity index (χ1v) is 15.1. The number of piperazine rings is 1. The molecule has 1 atom stereocenters. The minimum atomic E-state index is -0.282. The van der Waals surface area contributed by atoms with Gasteiger partial charge in [-0.3, -0.25) is 24.8 Å². The molecule has 230 valence electrons. The number of hydrogen-bond acceptors (Lipinski definition) is 8. The Morgan fingerprint density at radius 2 is 1.95 bits per heavy atom. The molecular formula is C32H39N9O3. The molecule has 0 radical (unpaired) electrons. The summed E-state index contributed by atoms with van der Waals surface area (Å²) in [6, 6.07) is 9.56. The molecule has 4 aromatic rings. The summed E-state index contributed by atoms with van der Waals surface area (Å²) in [5, 5.41) is 10.5. The number of rotatable bonds is 4. The van der Waals surface area contributed by atoms with Crippen molar-refractivity contribution in [2.45, 2.75) is 38.9 Å². The third-order valence-electron chi connectivity index (χ3n) is 8.30. The Labute approximate surface area is 256 Å². The number of nitrogens with zero attached hydrogens (tertiary/aromatic N) is 7. The van der Waals surface area contributed by atoms with Crippen molar-refractivity contribution in [3.05, 3.63) is 66.0 Å². The first kappa shape index (κ1) is 29.5. The number of aromatic nitrogens is 5. The van der Waals surface area contributed by atoms with Gasteiger partial charge in [-0.2, -0.15) is 5.10 Å². The second kappa shape index (κ2) is 12.6. The van der Waals surface area contributed by atoms with Crippen LogP contribution in [0.25, 0.3) is 22.3 Å². The van der Waals surface area contributed by atoms with Crippen LogP contribution < -0.4 is 15.4 Å². The molecule has 44 heavy (non-hydrogen) atoms. The van der Waals surface area contributed by atoms with Gasteiger partial charge in [-0.15, -0.1) is 0 Å². The van der Waals surface area contributed by atoms with E-state index in [1.807, 2.05) is 13.0 Å². The standard InChI is InChI=1S/C32H39N9O3/c1-5-29(42)35-24-7-6-10-41-28-16-22(19-40-13-11-38(3)12-14-40)8-9-26(28)36-32(41)37-30(43)23-15-21(2)34-27(17-23)25-18-33-39(4)31(25)44-20-24/h5,8-9,15-18,24H,1,6-7,10-14,19-20H2,2-4H3,(H,35,42)(H,36,37,43). The summed E-state index contributed by atoms with van der Waals surface area (Å²) in [5.41, 5.74) is 5.36. The Kier molecular flexibility index (Phi) is 8.45. The van der Waals surface area contributed by atoms with E-state index in [1.165, 1.54) is 11.6 Å². The normalized spacial score (nSPS) is 18.3. The van der Waals surface area contributed by atoms with E-state index < -0.39 is 0 Å². The van der Waals surface area contributed by atoms with Crippen molar-refractivity contribution in [2.75, 3.05) is 45.2 Å². The molecule has 1 unspecified atom stereocenters. The highest BCUT2D eigenvalue weighted by atomic mass is 16.5. The number of fused-ring (bicyclic) bond motifs is 7. The number of benzene rings is 1. The van der Waals surface area contributed by atoms with Crippen LogP contribution >= 0.6 is 0 Å². The third kappa shape index (κ3) is 6.36. The van der Waals surface area contributed by atoms with Crippen LogP contribution in [0.4, 0.5) is 5.95 Å². The highest BCUT2D eigenvalue weighted by Crippen LogP contribution is 2.30. The quantitative estimate of drug-likeness (QED) is 0.345. The van der Waals surface area contributed by atoms with Gasteiger partial charge in [0.2, 0.25) is 17.7 Å². The second-order valence-corrected chi connectivity index (χ2v) is 11.7. The molecular weight excluding hydrogens is 558 g/mol. The van der Waals surface area contributed by atoms with E-state index in [0.29, 0.717) is 53.7 Å². The molecule has 5 heterocycles. The lowest BCUT2D eigenvalue weighted by atomic mass is 10.1. The predicted molar refractivity (Wildman–Crippen MR) is 168 cm³/mol. The molecule has 1 saturated heterocycles. The second-order valence-electron chi connectivity index (χ2n) is 11.7. The van der Waals surface area contributed by atoms with Crippen molar-refractivity contribution in [2.24, 2.45) is 7.05 Å². The molecule has 2 N–H and O–H groups in total. The smallest absolute Gasteiger partial charge is 0.258 e. The molecule has 1 fully saturated rings. The van der Waals surface area contributed by atoms with Gasteiger partial charge in [-0.05, 0) is 62.7 Å². The van der Waals surface area contributed by atoms with Gasteiger partial charge in [0.05, 0.1) is 34.5 Å². The molecule has 2 aliphatic heterocycles. The van der Waals surface area contributed by atoms with E-state index in [-0.39, 0.29) is 24.5 Å². The molecule has 12 nitrogen and oxygen atoms in total. The number of amides is 2. The van der Waals surface area contributed by atoms with Crippen molar-refractivity contribution < 1.29 is 14.3 Å². The summed E-state index contributed by atoms with van der Waals surface area (Å²) in [7, 11) is 3.95. The number of carbonyl (C=O) groups excluding carboxylic acids is 2. The molecule has 12 heteroatoms. The largest absolute Gasteiger partial charge is 0.475 e. The van der Waals surface area contributed by atoms with Gasteiger partial charge in [-0.25, -0.2) is 9.67 Å². The SMILES string of the molecule is C=CC(=O)NC1CCCn2c(nc3ccc(CN4CCN(C)CC4)cc32)NC(=O)c2cc(C)nc(c2)-c2cnn(C)c2OC1. The maximum absolute atomic E-state index is 13.7. The zero-order valence-electron chi connectivity index (χ0n) is 25.5. The fourth-order valence-electron chi connectivity index (χ4n) is 5.87. The van der Waals surface area contributed by atoms with Crippen LogP contribution in [0.1, 0.15) is 34.5 Å². The first-order chi connectivity index (χ1) is 21.3. The molecule has 3 aromatic heterocycles. The van der Waals surface area contributed by atoms with Gasteiger partial charge in [0.15, 0.2) is 0 Å². The lowest BCUT2D eigenvalue weighted by Gasteiger charge is -2.32. The van der Waals surface area contributed by atoms with Crippen LogP contribution in [0.2, 0.25) is 0 Å². The van der Waals surface area contributed by atoms with Crippen molar-refractivity contribution in [3.8, 4) is 17.1 Å². The highest BCUT2D eigenvalue weighted by Gasteiger charge is 2.22. The zero-order chi connectivity index (χ0) is 30.8. The van der Waals surface area contributed by atoms with Crippen molar-refractivity contribution >= 4 is 28.8 Å². The fourth-order valence-corrected chi connectivity index (χ4v) is 5.87. The number of likely N-dealkylation sites (N-methyl/N-ethyl adjacent to an activating group) is 1. The van der Waals surface area contributed by atoms with E-state index in [4.69, 9.17) is 9.72 Å². The highest BCUT2D eigenvalue weighted by molar-refractivity contribution is 6.04. The van der Waals surface area contributed by atoms with Crippen LogP contribution in [-0.2, 0) is 24.9 Å². The molecule has 6 rings (SSSR count). The summed E-state index contributed by atoms with van der Waals surface area (Å²) in [6.07, 6.45) is 4.27. The maximum Gasteiger partial charge on any atom is 0.258 e. The van der Waals surface area contributed by atoms with Crippen LogP contribution in [-0.4, -0.2) is 91.8 Å². The van der Waals surface area contributed by atoms with E-state index in [1.54, 1.807) is 30.1 Å². The molecule has 1 aromatic carbocycles. The Bertz CT molecular complexity index is 1700. The number of aryl methyl sites for hydroxylation is 3. The van der Waals surface area contributed by atoms with Crippen LogP contribution in [0.3, 0.4) is 0 Å². The van der Waals surface area contributed by atoms with Gasteiger partial charge < -0.3 is 19.5 Å². The number of anilines is 1. The minimum absolute atomic E-state index is 0.231. The number of hydrogen-bond donors (Lipinski definition) is 2. The zero-order valence-corrected chi connectivity index (χ0v) is 25.5. The molecule has 2 bridgehead atoms. The summed E-state index contributed by atoms with van der Waals surface area (Å²) >= 11 is 0. The fraction of sp³-hybridized carbons (Fsp3) is 0.406. The van der Waals surface area contributed by atoms with Gasteiger partial charge in [0.1, 0.15) is 6.61 Å². The van der Waals surface area contributed by atoms with Crippen LogP contribution in [0, 0.1) is 6.92 Å². The Morgan fingerprint density at radius 3 is 2.75 bits per heavy atom. The summed E-state index contributed by atoms with van der Waals surface area (Å²) in [4.78, 5) is 40.3. The van der Waals surface area contributed by atoms with E-state index in [2.05, 4.69) is 60.8 Å². The maximum atomic E-state index is 13.7. The Hall–Kier alpha value is -4.55. The molecule has 0 spiro atoms. The summed E-state index contributed by atoms with van der Waals surface area (Å²) < 4.78 is 9.96. The van der Waals surface area contributed by atoms with Crippen LogP contribution in [0.5, 0.6) is 5.88 Å². The molecule has 0 aliphatic carbocycles. The predicted octanol–water partition coefficient (Wildman–Crippen LogP) is 2.98. The van der Waals surface area contributed by atoms with Gasteiger partial charge in [0.25, 0.3) is 5.91 Å². The van der Waals surface area contributed by atoms with Gasteiger partial charge in [0, 0.05) is 57.6 Å². The molecule has 2 amide bonds. The number of nitrogens with one attached hydrogen (secondary N) is 2. The van der Waals surface area contributed by atoms with E-state index >= 15 is 0 Å². The van der Waals surface area contributed by atoms with E-state index in [9.17, 15) is 9.59 Å². The lowest BCUT2D eigenvalue weighted by molar-refractivity contribution is -0.117. The topological polar surface area (TPSA) is 122 Å². The lowest BCUT2D eigenvalue weighted by Crippen LogP contribution is -2.43. The number of pyridine rings is 1. The Morgan fingerprint density at radius 1 is 1.14 bits per heavy atom. The monoisotopic (exact) mass is 597 g/mol. The molecule has 0 saturated carbocycles. The van der Waals surface area contributed by atoms with Crippen molar-refractivity contribution in [1.29, 1.82) is 0 Å². The summed E-state index contributed by atoms with van der Waals surface area (Å²) in [6.45, 7) is 11.3. The van der Waals surface area contributed by atoms with Crippen molar-refractivity contribution in [1.82, 2.24) is 39.4 Å². The number of imidazole rings is 1. The molecule has 2 aliphatic rings. The van der Waals surface area contributed by atoms with Gasteiger partial charge >= 0.3 is 0 Å². The van der Waals surface area contributed by atoms with Crippen LogP contribution in [0.15, 0.2) is 49.2 Å². The average Bonchev–Trinajstić information content (AvgIpc) is 3.55.